The number of hydrogen-bond donors (Lipinski definition) is 1. The van der Waals surface area contributed by atoms with Crippen LogP contribution < -0.4 is 10.1 Å². The largest absolute Gasteiger partial charge is 0.438 e. The fraction of sp³-hybridized carbons (Fsp3) is 0.389. The van der Waals surface area contributed by atoms with Crippen LogP contribution in [0.15, 0.2) is 36.5 Å². The molecule has 0 radical (unpaired) electrons. The van der Waals surface area contributed by atoms with Crippen molar-refractivity contribution in [3.63, 3.8) is 0 Å². The number of rotatable bonds is 6. The first-order chi connectivity index (χ1) is 10.1. The normalized spacial score (nSPS) is 10.9. The van der Waals surface area contributed by atoms with Crippen LogP contribution in [0.4, 0.5) is 0 Å². The predicted octanol–water partition coefficient (Wildman–Crippen LogP) is 4.24. The maximum Gasteiger partial charge on any atom is 0.223 e. The lowest BCUT2D eigenvalue weighted by Gasteiger charge is -2.13. The number of nitrogens with one attached hydrogen (secondary N) is 1. The smallest absolute Gasteiger partial charge is 0.223 e. The molecule has 0 aliphatic rings. The number of hydrogen-bond acceptors (Lipinski definition) is 3. The number of nitrogens with zero attached hydrogens (tertiary/aromatic N) is 1. The van der Waals surface area contributed by atoms with Crippen LogP contribution in [0.25, 0.3) is 0 Å². The molecule has 21 heavy (non-hydrogen) atoms. The number of benzene rings is 1. The SMILES string of the molecule is Cc1ccc(C)c(Oc2ncccc2CNCC(C)C)c1. The van der Waals surface area contributed by atoms with E-state index >= 15 is 0 Å². The average Bonchev–Trinajstić information content (AvgIpc) is 2.44. The zero-order valence-electron chi connectivity index (χ0n) is 13.3. The molecule has 112 valence electrons. The van der Waals surface area contributed by atoms with Crippen LogP contribution in [0.1, 0.15) is 30.5 Å². The highest BCUT2D eigenvalue weighted by Gasteiger charge is 2.08. The van der Waals surface area contributed by atoms with E-state index in [-0.39, 0.29) is 0 Å². The van der Waals surface area contributed by atoms with Gasteiger partial charge in [0.25, 0.3) is 0 Å². The standard InChI is InChI=1S/C18H24N2O/c1-13(2)11-19-12-16-6-5-9-20-18(16)21-17-10-14(3)7-8-15(17)4/h5-10,13,19H,11-12H2,1-4H3. The van der Waals surface area contributed by atoms with Gasteiger partial charge in [-0.3, -0.25) is 0 Å². The summed E-state index contributed by atoms with van der Waals surface area (Å²) in [6.07, 6.45) is 1.77. The number of ether oxygens (including phenoxy) is 1. The summed E-state index contributed by atoms with van der Waals surface area (Å²) >= 11 is 0. The van der Waals surface area contributed by atoms with Crippen molar-refractivity contribution in [2.45, 2.75) is 34.2 Å². The molecule has 0 bridgehead atoms. The van der Waals surface area contributed by atoms with Crippen molar-refractivity contribution < 1.29 is 4.74 Å². The molecule has 1 aromatic heterocycles. The Bertz CT molecular complexity index is 594. The van der Waals surface area contributed by atoms with Crippen molar-refractivity contribution in [3.05, 3.63) is 53.2 Å². The lowest BCUT2D eigenvalue weighted by molar-refractivity contribution is 0.447. The molecule has 0 fully saturated rings. The van der Waals surface area contributed by atoms with Crippen LogP contribution >= 0.6 is 0 Å². The van der Waals surface area contributed by atoms with Gasteiger partial charge in [-0.2, -0.15) is 0 Å². The van der Waals surface area contributed by atoms with Crippen LogP contribution in [0.3, 0.4) is 0 Å². The third kappa shape index (κ3) is 4.57. The molecule has 2 rings (SSSR count). The summed E-state index contributed by atoms with van der Waals surface area (Å²) in [5, 5.41) is 3.43. The number of aryl methyl sites for hydroxylation is 2. The summed E-state index contributed by atoms with van der Waals surface area (Å²) in [6.45, 7) is 10.3. The maximum absolute atomic E-state index is 6.03. The van der Waals surface area contributed by atoms with E-state index in [9.17, 15) is 0 Å². The van der Waals surface area contributed by atoms with E-state index < -0.39 is 0 Å². The topological polar surface area (TPSA) is 34.1 Å². The molecule has 1 aromatic carbocycles. The van der Waals surface area contributed by atoms with Gasteiger partial charge in [0.2, 0.25) is 5.88 Å². The highest BCUT2D eigenvalue weighted by Crippen LogP contribution is 2.26. The third-order valence-corrected chi connectivity index (χ3v) is 3.27. The van der Waals surface area contributed by atoms with Gasteiger partial charge in [0.05, 0.1) is 0 Å². The summed E-state index contributed by atoms with van der Waals surface area (Å²) in [7, 11) is 0. The Balaban J connectivity index is 2.14. The van der Waals surface area contributed by atoms with Gasteiger partial charge in [-0.05, 0) is 49.6 Å². The van der Waals surface area contributed by atoms with Gasteiger partial charge in [0.1, 0.15) is 5.75 Å². The second-order valence-corrected chi connectivity index (χ2v) is 5.86. The Hall–Kier alpha value is -1.87. The molecule has 0 atom stereocenters. The first kappa shape index (κ1) is 15.5. The van der Waals surface area contributed by atoms with Crippen molar-refractivity contribution in [1.82, 2.24) is 10.3 Å². The van der Waals surface area contributed by atoms with Gasteiger partial charge in [-0.25, -0.2) is 4.98 Å². The highest BCUT2D eigenvalue weighted by atomic mass is 16.5. The molecule has 2 aromatic rings. The minimum absolute atomic E-state index is 0.630. The second-order valence-electron chi connectivity index (χ2n) is 5.86. The van der Waals surface area contributed by atoms with Crippen molar-refractivity contribution in [2.75, 3.05) is 6.54 Å². The minimum Gasteiger partial charge on any atom is -0.438 e. The molecule has 0 spiro atoms. The lowest BCUT2D eigenvalue weighted by atomic mass is 10.1. The average molecular weight is 284 g/mol. The van der Waals surface area contributed by atoms with E-state index in [2.05, 4.69) is 55.3 Å². The first-order valence-corrected chi connectivity index (χ1v) is 7.46. The summed E-state index contributed by atoms with van der Waals surface area (Å²) in [6, 6.07) is 10.2. The van der Waals surface area contributed by atoms with Gasteiger partial charge in [0, 0.05) is 18.3 Å². The van der Waals surface area contributed by atoms with Crippen molar-refractivity contribution >= 4 is 0 Å². The Morgan fingerprint density at radius 3 is 2.76 bits per heavy atom. The van der Waals surface area contributed by atoms with E-state index in [0.29, 0.717) is 11.8 Å². The van der Waals surface area contributed by atoms with Gasteiger partial charge in [0.15, 0.2) is 0 Å². The third-order valence-electron chi connectivity index (χ3n) is 3.27. The van der Waals surface area contributed by atoms with Gasteiger partial charge >= 0.3 is 0 Å². The van der Waals surface area contributed by atoms with E-state index in [1.165, 1.54) is 5.56 Å². The van der Waals surface area contributed by atoms with Crippen molar-refractivity contribution in [3.8, 4) is 11.6 Å². The molecule has 1 heterocycles. The van der Waals surface area contributed by atoms with E-state index in [1.54, 1.807) is 6.20 Å². The van der Waals surface area contributed by atoms with Crippen LogP contribution in [0.2, 0.25) is 0 Å². The molecule has 0 amide bonds. The van der Waals surface area contributed by atoms with Gasteiger partial charge in [-0.15, -0.1) is 0 Å². The Morgan fingerprint density at radius 2 is 2.00 bits per heavy atom. The quantitative estimate of drug-likeness (QED) is 0.861. The summed E-state index contributed by atoms with van der Waals surface area (Å²) in [4.78, 5) is 4.38. The summed E-state index contributed by atoms with van der Waals surface area (Å²) < 4.78 is 6.03. The van der Waals surface area contributed by atoms with Gasteiger partial charge in [-0.1, -0.05) is 32.0 Å². The molecule has 0 saturated heterocycles. The zero-order chi connectivity index (χ0) is 15.2. The number of aromatic nitrogens is 1. The van der Waals surface area contributed by atoms with E-state index in [0.717, 1.165) is 30.0 Å². The second kappa shape index (κ2) is 7.23. The van der Waals surface area contributed by atoms with Crippen LogP contribution in [0, 0.1) is 19.8 Å². The minimum atomic E-state index is 0.630. The molecular weight excluding hydrogens is 260 g/mol. The molecule has 3 nitrogen and oxygen atoms in total. The van der Waals surface area contributed by atoms with Crippen molar-refractivity contribution in [2.24, 2.45) is 5.92 Å². The zero-order valence-corrected chi connectivity index (χ0v) is 13.3. The predicted molar refractivity (Wildman–Crippen MR) is 86.8 cm³/mol. The van der Waals surface area contributed by atoms with E-state index in [4.69, 9.17) is 4.74 Å². The van der Waals surface area contributed by atoms with Crippen LogP contribution in [-0.4, -0.2) is 11.5 Å². The molecular formula is C18H24N2O. The molecule has 3 heteroatoms. The number of pyridine rings is 1. The lowest BCUT2D eigenvalue weighted by Crippen LogP contribution is -2.19. The molecule has 0 saturated carbocycles. The van der Waals surface area contributed by atoms with Crippen LogP contribution in [0.5, 0.6) is 11.6 Å². The fourth-order valence-electron chi connectivity index (χ4n) is 2.07. The monoisotopic (exact) mass is 284 g/mol. The molecule has 0 unspecified atom stereocenters. The Morgan fingerprint density at radius 1 is 1.19 bits per heavy atom. The van der Waals surface area contributed by atoms with Gasteiger partial charge < -0.3 is 10.1 Å². The Labute approximate surface area is 127 Å². The molecule has 0 aliphatic heterocycles. The highest BCUT2D eigenvalue weighted by molar-refractivity contribution is 5.39. The van der Waals surface area contributed by atoms with Crippen LogP contribution in [-0.2, 0) is 6.54 Å². The molecule has 0 aliphatic carbocycles. The molecule has 1 N–H and O–H groups in total. The Kier molecular flexibility index (Phi) is 5.34. The van der Waals surface area contributed by atoms with Crippen molar-refractivity contribution in [1.29, 1.82) is 0 Å². The summed E-state index contributed by atoms with van der Waals surface area (Å²) in [5.41, 5.74) is 3.39. The van der Waals surface area contributed by atoms with E-state index in [1.807, 2.05) is 13.0 Å². The maximum atomic E-state index is 6.03. The summed E-state index contributed by atoms with van der Waals surface area (Å²) in [5.74, 6) is 2.19. The first-order valence-electron chi connectivity index (χ1n) is 7.46. The fourth-order valence-corrected chi connectivity index (χ4v) is 2.07.